The predicted octanol–water partition coefficient (Wildman–Crippen LogP) is 4.71. The molecule has 29 heavy (non-hydrogen) atoms. The van der Waals surface area contributed by atoms with Crippen LogP contribution < -0.4 is 0 Å². The van der Waals surface area contributed by atoms with Crippen molar-refractivity contribution >= 4 is 23.8 Å². The quantitative estimate of drug-likeness (QED) is 0.344. The van der Waals surface area contributed by atoms with E-state index in [9.17, 15) is 14.9 Å². The number of carbonyl (C=O) groups is 1. The van der Waals surface area contributed by atoms with Gasteiger partial charge in [0, 0.05) is 17.7 Å². The number of ether oxygens (including phenoxy) is 1. The van der Waals surface area contributed by atoms with Crippen molar-refractivity contribution in [2.75, 3.05) is 6.61 Å². The highest BCUT2D eigenvalue weighted by Gasteiger charge is 2.22. The molecule has 1 heterocycles. The number of nitro groups is 1. The lowest BCUT2D eigenvalue weighted by Crippen LogP contribution is -2.12. The Morgan fingerprint density at radius 1 is 1.10 bits per heavy atom. The highest BCUT2D eigenvalue weighted by molar-refractivity contribution is 5.97. The molecular formula is C22H19N3O4. The van der Waals surface area contributed by atoms with Crippen LogP contribution in [0.4, 0.5) is 5.69 Å². The van der Waals surface area contributed by atoms with Gasteiger partial charge < -0.3 is 4.74 Å². The van der Waals surface area contributed by atoms with Gasteiger partial charge >= 0.3 is 5.97 Å². The SMILES string of the molecule is CCOC(=O)c1c(C)nc(/C=C/c2ccccc2)nc1-c1cccc([N+](=O)[O-])c1. The van der Waals surface area contributed by atoms with Gasteiger partial charge in [-0.2, -0.15) is 0 Å². The van der Waals surface area contributed by atoms with Crippen LogP contribution in [0.5, 0.6) is 0 Å². The zero-order valence-electron chi connectivity index (χ0n) is 16.0. The zero-order chi connectivity index (χ0) is 20.8. The Morgan fingerprint density at radius 3 is 2.55 bits per heavy atom. The topological polar surface area (TPSA) is 95.2 Å². The first kappa shape index (κ1) is 19.9. The second-order valence-corrected chi connectivity index (χ2v) is 6.16. The van der Waals surface area contributed by atoms with Gasteiger partial charge in [0.25, 0.3) is 5.69 Å². The largest absolute Gasteiger partial charge is 0.462 e. The number of hydrogen-bond acceptors (Lipinski definition) is 6. The lowest BCUT2D eigenvalue weighted by Gasteiger charge is -2.12. The maximum atomic E-state index is 12.5. The summed E-state index contributed by atoms with van der Waals surface area (Å²) in [7, 11) is 0. The van der Waals surface area contributed by atoms with E-state index in [0.29, 0.717) is 22.8 Å². The Balaban J connectivity index is 2.13. The molecular weight excluding hydrogens is 370 g/mol. The molecule has 0 aliphatic rings. The van der Waals surface area contributed by atoms with Crippen molar-refractivity contribution in [1.29, 1.82) is 0 Å². The maximum Gasteiger partial charge on any atom is 0.342 e. The second-order valence-electron chi connectivity index (χ2n) is 6.16. The van der Waals surface area contributed by atoms with Crippen molar-refractivity contribution < 1.29 is 14.5 Å². The standard InChI is InChI=1S/C22H19N3O4/c1-3-29-22(26)20-15(2)23-19(13-12-16-8-5-4-6-9-16)24-21(20)17-10-7-11-18(14-17)25(27)28/h4-14H,3H2,1-2H3/b13-12+. The maximum absolute atomic E-state index is 12.5. The van der Waals surface area contributed by atoms with Crippen LogP contribution in [0, 0.1) is 17.0 Å². The molecule has 0 aliphatic carbocycles. The molecule has 0 unspecified atom stereocenters. The summed E-state index contributed by atoms with van der Waals surface area (Å²) in [5.74, 6) is -0.175. The van der Waals surface area contributed by atoms with E-state index in [4.69, 9.17) is 4.74 Å². The number of nitrogens with zero attached hydrogens (tertiary/aromatic N) is 3. The van der Waals surface area contributed by atoms with Gasteiger partial charge in [0.1, 0.15) is 5.56 Å². The number of aryl methyl sites for hydroxylation is 1. The molecule has 1 aromatic heterocycles. The Morgan fingerprint density at radius 2 is 1.86 bits per heavy atom. The minimum atomic E-state index is -0.565. The lowest BCUT2D eigenvalue weighted by atomic mass is 10.0. The first-order chi connectivity index (χ1) is 14.0. The fraction of sp³-hybridized carbons (Fsp3) is 0.136. The summed E-state index contributed by atoms with van der Waals surface area (Å²) < 4.78 is 5.15. The molecule has 146 valence electrons. The van der Waals surface area contributed by atoms with Gasteiger partial charge in [0.15, 0.2) is 5.82 Å². The van der Waals surface area contributed by atoms with Crippen molar-refractivity contribution in [3.63, 3.8) is 0 Å². The zero-order valence-corrected chi connectivity index (χ0v) is 16.0. The summed E-state index contributed by atoms with van der Waals surface area (Å²) in [5, 5.41) is 11.2. The van der Waals surface area contributed by atoms with Crippen molar-refractivity contribution in [3.8, 4) is 11.3 Å². The number of esters is 1. The molecule has 0 fully saturated rings. The summed E-state index contributed by atoms with van der Waals surface area (Å²) in [6.45, 7) is 3.59. The van der Waals surface area contributed by atoms with Gasteiger partial charge in [0.2, 0.25) is 0 Å². The van der Waals surface area contributed by atoms with Gasteiger partial charge in [-0.25, -0.2) is 14.8 Å². The normalized spacial score (nSPS) is 10.8. The van der Waals surface area contributed by atoms with E-state index in [1.807, 2.05) is 36.4 Å². The summed E-state index contributed by atoms with van der Waals surface area (Å²) in [6.07, 6.45) is 3.59. The van der Waals surface area contributed by atoms with E-state index in [1.165, 1.54) is 12.1 Å². The Hall–Kier alpha value is -3.87. The van der Waals surface area contributed by atoms with Gasteiger partial charge in [0.05, 0.1) is 22.9 Å². The van der Waals surface area contributed by atoms with Crippen LogP contribution in [0.2, 0.25) is 0 Å². The molecule has 0 bridgehead atoms. The first-order valence-electron chi connectivity index (χ1n) is 9.03. The molecule has 0 aliphatic heterocycles. The smallest absolute Gasteiger partial charge is 0.342 e. The Kier molecular flexibility index (Phi) is 6.09. The van der Waals surface area contributed by atoms with Gasteiger partial charge in [-0.05, 0) is 25.5 Å². The third-order valence-corrected chi connectivity index (χ3v) is 4.14. The van der Waals surface area contributed by atoms with Gasteiger partial charge in [-0.1, -0.05) is 48.5 Å². The van der Waals surface area contributed by atoms with Crippen molar-refractivity contribution in [2.45, 2.75) is 13.8 Å². The third kappa shape index (κ3) is 4.70. The van der Waals surface area contributed by atoms with E-state index in [0.717, 1.165) is 5.56 Å². The molecule has 0 saturated heterocycles. The molecule has 7 heteroatoms. The lowest BCUT2D eigenvalue weighted by molar-refractivity contribution is -0.384. The fourth-order valence-electron chi connectivity index (χ4n) is 2.83. The minimum absolute atomic E-state index is 0.0880. The number of rotatable bonds is 6. The molecule has 0 spiro atoms. The first-order valence-corrected chi connectivity index (χ1v) is 9.03. The Bertz CT molecular complexity index is 1080. The van der Waals surface area contributed by atoms with Crippen LogP contribution in [-0.4, -0.2) is 27.5 Å². The molecule has 0 N–H and O–H groups in total. The highest BCUT2D eigenvalue weighted by Crippen LogP contribution is 2.28. The summed E-state index contributed by atoms with van der Waals surface area (Å²) in [5.41, 5.74) is 2.27. The summed E-state index contributed by atoms with van der Waals surface area (Å²) in [4.78, 5) is 32.1. The molecule has 3 rings (SSSR count). The van der Waals surface area contributed by atoms with Crippen molar-refractivity contribution in [3.05, 3.63) is 87.4 Å². The molecule has 3 aromatic rings. The van der Waals surface area contributed by atoms with Crippen LogP contribution in [0.15, 0.2) is 54.6 Å². The third-order valence-electron chi connectivity index (χ3n) is 4.14. The number of benzene rings is 2. The van der Waals surface area contributed by atoms with Gasteiger partial charge in [-0.15, -0.1) is 0 Å². The number of hydrogen-bond donors (Lipinski definition) is 0. The van der Waals surface area contributed by atoms with Gasteiger partial charge in [-0.3, -0.25) is 10.1 Å². The van der Waals surface area contributed by atoms with Crippen molar-refractivity contribution in [1.82, 2.24) is 9.97 Å². The number of aromatic nitrogens is 2. The van der Waals surface area contributed by atoms with E-state index in [-0.39, 0.29) is 17.9 Å². The van der Waals surface area contributed by atoms with E-state index in [1.54, 1.807) is 32.1 Å². The van der Waals surface area contributed by atoms with Crippen LogP contribution in [0.3, 0.4) is 0 Å². The van der Waals surface area contributed by atoms with E-state index >= 15 is 0 Å². The van der Waals surface area contributed by atoms with Crippen LogP contribution in [0.25, 0.3) is 23.4 Å². The summed E-state index contributed by atoms with van der Waals surface area (Å²) >= 11 is 0. The van der Waals surface area contributed by atoms with Crippen molar-refractivity contribution in [2.24, 2.45) is 0 Å². The average Bonchev–Trinajstić information content (AvgIpc) is 2.72. The Labute approximate surface area is 167 Å². The predicted molar refractivity (Wildman–Crippen MR) is 110 cm³/mol. The van der Waals surface area contributed by atoms with E-state index < -0.39 is 10.9 Å². The monoisotopic (exact) mass is 389 g/mol. The molecule has 2 aromatic carbocycles. The molecule has 0 saturated carbocycles. The van der Waals surface area contributed by atoms with E-state index in [2.05, 4.69) is 9.97 Å². The molecule has 0 amide bonds. The van der Waals surface area contributed by atoms with Crippen LogP contribution in [0.1, 0.15) is 34.4 Å². The molecule has 7 nitrogen and oxygen atoms in total. The average molecular weight is 389 g/mol. The van der Waals surface area contributed by atoms with Crippen LogP contribution >= 0.6 is 0 Å². The van der Waals surface area contributed by atoms with Crippen LogP contribution in [-0.2, 0) is 4.74 Å². The fourth-order valence-corrected chi connectivity index (χ4v) is 2.83. The number of carbonyl (C=O) groups excluding carboxylic acids is 1. The molecule has 0 radical (unpaired) electrons. The highest BCUT2D eigenvalue weighted by atomic mass is 16.6. The number of non-ortho nitro benzene ring substituents is 1. The molecule has 0 atom stereocenters. The minimum Gasteiger partial charge on any atom is -0.462 e. The number of nitro benzene ring substituents is 1. The summed E-state index contributed by atoms with van der Waals surface area (Å²) in [6, 6.07) is 15.6. The second kappa shape index (κ2) is 8.88.